The van der Waals surface area contributed by atoms with Crippen LogP contribution in [0.15, 0.2) is 18.7 Å². The molecular formula is C4H4Cl2N2O. The molecule has 0 aliphatic rings. The predicted molar refractivity (Wildman–Crippen MR) is 35.7 cm³/mol. The van der Waals surface area contributed by atoms with Crippen molar-refractivity contribution in [2.45, 2.75) is 0 Å². The van der Waals surface area contributed by atoms with Crippen LogP contribution in [0.4, 0.5) is 4.79 Å². The van der Waals surface area contributed by atoms with Crippen molar-refractivity contribution in [1.82, 2.24) is 9.97 Å². The van der Waals surface area contributed by atoms with E-state index in [0.717, 1.165) is 0 Å². The monoisotopic (exact) mass is 166 g/mol. The van der Waals surface area contributed by atoms with Gasteiger partial charge in [0.05, 0.1) is 6.33 Å². The molecule has 0 aliphatic carbocycles. The van der Waals surface area contributed by atoms with Crippen LogP contribution in [0.2, 0.25) is 0 Å². The lowest BCUT2D eigenvalue weighted by atomic mass is 11.0. The highest BCUT2D eigenvalue weighted by atomic mass is 35.5. The first-order valence-corrected chi connectivity index (χ1v) is 2.77. The van der Waals surface area contributed by atoms with Crippen molar-refractivity contribution in [2.24, 2.45) is 0 Å². The van der Waals surface area contributed by atoms with Gasteiger partial charge in [-0.3, -0.25) is 4.79 Å². The lowest BCUT2D eigenvalue weighted by molar-refractivity contribution is 0.275. The molecule has 0 aromatic carbocycles. The highest BCUT2D eigenvalue weighted by Gasteiger charge is 1.72. The molecule has 5 heteroatoms. The summed E-state index contributed by atoms with van der Waals surface area (Å²) in [5, 5.41) is 0. The first-order chi connectivity index (χ1) is 4.23. The van der Waals surface area contributed by atoms with E-state index < -0.39 is 4.70 Å². The normalized spacial score (nSPS) is 7.33. The fraction of sp³-hybridized carbons (Fsp3) is 0. The number of carbonyl (C=O) groups excluding carboxylic acids is 1. The number of aromatic amines is 1. The zero-order valence-corrected chi connectivity index (χ0v) is 5.86. The molecule has 0 fully saturated rings. The molecule has 0 aliphatic heterocycles. The van der Waals surface area contributed by atoms with Crippen molar-refractivity contribution in [2.75, 3.05) is 0 Å². The van der Waals surface area contributed by atoms with E-state index in [-0.39, 0.29) is 0 Å². The second-order valence-electron chi connectivity index (χ2n) is 0.986. The lowest BCUT2D eigenvalue weighted by Gasteiger charge is -1.48. The van der Waals surface area contributed by atoms with E-state index in [4.69, 9.17) is 4.79 Å². The molecule has 0 atom stereocenters. The maximum Gasteiger partial charge on any atom is 0.313 e. The summed E-state index contributed by atoms with van der Waals surface area (Å²) >= 11 is 8.80. The number of rotatable bonds is 0. The minimum Gasteiger partial charge on any atom is -0.351 e. The van der Waals surface area contributed by atoms with E-state index >= 15 is 0 Å². The summed E-state index contributed by atoms with van der Waals surface area (Å²) in [7, 11) is 0. The lowest BCUT2D eigenvalue weighted by Crippen LogP contribution is -1.46. The van der Waals surface area contributed by atoms with Gasteiger partial charge < -0.3 is 4.98 Å². The molecule has 1 N–H and O–H groups in total. The van der Waals surface area contributed by atoms with E-state index in [9.17, 15) is 0 Å². The van der Waals surface area contributed by atoms with Gasteiger partial charge >= 0.3 is 4.70 Å². The maximum atomic E-state index is 8.98. The second-order valence-corrected chi connectivity index (χ2v) is 1.87. The summed E-state index contributed by atoms with van der Waals surface area (Å²) in [6, 6.07) is 0. The van der Waals surface area contributed by atoms with Crippen LogP contribution >= 0.6 is 23.2 Å². The van der Waals surface area contributed by atoms with Crippen LogP contribution in [0, 0.1) is 0 Å². The number of H-pyrrole nitrogens is 1. The Morgan fingerprint density at radius 2 is 2.11 bits per heavy atom. The molecule has 9 heavy (non-hydrogen) atoms. The molecule has 0 saturated carbocycles. The van der Waals surface area contributed by atoms with Crippen molar-refractivity contribution in [3.8, 4) is 0 Å². The highest BCUT2D eigenvalue weighted by molar-refractivity contribution is 6.93. The average Bonchev–Trinajstić information content (AvgIpc) is 2.11. The van der Waals surface area contributed by atoms with Gasteiger partial charge in [0, 0.05) is 12.4 Å². The summed E-state index contributed by atoms with van der Waals surface area (Å²) in [4.78, 5) is 15.4. The fourth-order valence-corrected chi connectivity index (χ4v) is 0.215. The molecule has 0 spiro atoms. The first kappa shape index (κ1) is 8.46. The van der Waals surface area contributed by atoms with Crippen molar-refractivity contribution in [3.63, 3.8) is 0 Å². The van der Waals surface area contributed by atoms with E-state index in [1.54, 1.807) is 18.7 Å². The van der Waals surface area contributed by atoms with Gasteiger partial charge in [0.1, 0.15) is 0 Å². The van der Waals surface area contributed by atoms with Crippen LogP contribution in [0.25, 0.3) is 0 Å². The van der Waals surface area contributed by atoms with Gasteiger partial charge in [-0.1, -0.05) is 0 Å². The second kappa shape index (κ2) is 5.59. The topological polar surface area (TPSA) is 45.8 Å². The SMILES string of the molecule is O=C(Cl)Cl.c1c[nH]cn1. The van der Waals surface area contributed by atoms with E-state index in [0.29, 0.717) is 0 Å². The fourth-order valence-electron chi connectivity index (χ4n) is 0.215. The number of aromatic nitrogens is 2. The molecule has 3 nitrogen and oxygen atoms in total. The zero-order chi connectivity index (χ0) is 7.11. The first-order valence-electron chi connectivity index (χ1n) is 2.01. The Balaban J connectivity index is 0.000000148. The van der Waals surface area contributed by atoms with Crippen LogP contribution in [0.3, 0.4) is 0 Å². The van der Waals surface area contributed by atoms with Crippen molar-refractivity contribution in [3.05, 3.63) is 18.7 Å². The third-order valence-electron chi connectivity index (χ3n) is 0.406. The average molecular weight is 167 g/mol. The van der Waals surface area contributed by atoms with Crippen molar-refractivity contribution >= 4 is 27.9 Å². The van der Waals surface area contributed by atoms with Crippen molar-refractivity contribution in [1.29, 1.82) is 0 Å². The molecule has 0 saturated heterocycles. The standard InChI is InChI=1S/C3H4N2.CCl2O/c1-2-5-3-4-1;2-1(3)4/h1-3H,(H,4,5);. The number of nitrogens with zero attached hydrogens (tertiary/aromatic N) is 1. The number of halogens is 2. The van der Waals surface area contributed by atoms with E-state index in [1.165, 1.54) is 0 Å². The zero-order valence-electron chi connectivity index (χ0n) is 4.34. The Labute approximate surface area is 62.0 Å². The molecule has 1 heterocycles. The Hall–Kier alpha value is -0.540. The largest absolute Gasteiger partial charge is 0.351 e. The Bertz CT molecular complexity index is 130. The predicted octanol–water partition coefficient (Wildman–Crippen LogP) is 1.99. The highest BCUT2D eigenvalue weighted by Crippen LogP contribution is 1.84. The number of hydrogen-bond acceptors (Lipinski definition) is 2. The van der Waals surface area contributed by atoms with Gasteiger partial charge in [-0.05, 0) is 23.2 Å². The minimum absolute atomic E-state index is 0.889. The molecule has 50 valence electrons. The molecule has 0 radical (unpaired) electrons. The summed E-state index contributed by atoms with van der Waals surface area (Å²) in [6.45, 7) is 0. The molecule has 0 unspecified atom stereocenters. The minimum atomic E-state index is -0.889. The molecule has 0 bridgehead atoms. The van der Waals surface area contributed by atoms with Crippen LogP contribution in [0.5, 0.6) is 0 Å². The van der Waals surface area contributed by atoms with Gasteiger partial charge in [0.25, 0.3) is 0 Å². The number of hydrogen-bond donors (Lipinski definition) is 1. The Kier molecular flexibility index (Phi) is 5.26. The molecule has 1 aromatic rings. The summed E-state index contributed by atoms with van der Waals surface area (Å²) < 4.78 is -0.889. The smallest absolute Gasteiger partial charge is 0.313 e. The van der Waals surface area contributed by atoms with Crippen LogP contribution in [-0.4, -0.2) is 14.7 Å². The van der Waals surface area contributed by atoms with Gasteiger partial charge in [0.15, 0.2) is 0 Å². The third kappa shape index (κ3) is 11.2. The van der Waals surface area contributed by atoms with Gasteiger partial charge in [-0.15, -0.1) is 0 Å². The number of imidazole rings is 1. The van der Waals surface area contributed by atoms with Gasteiger partial charge in [-0.2, -0.15) is 0 Å². The van der Waals surface area contributed by atoms with Crippen LogP contribution in [-0.2, 0) is 0 Å². The number of nitrogens with one attached hydrogen (secondary N) is 1. The summed E-state index contributed by atoms with van der Waals surface area (Å²) in [5.41, 5.74) is 0. The maximum absolute atomic E-state index is 8.98. The quantitative estimate of drug-likeness (QED) is 0.600. The molecule has 1 rings (SSSR count). The Morgan fingerprint density at radius 1 is 1.56 bits per heavy atom. The van der Waals surface area contributed by atoms with Crippen LogP contribution in [0.1, 0.15) is 0 Å². The molecule has 0 amide bonds. The van der Waals surface area contributed by atoms with Gasteiger partial charge in [-0.25, -0.2) is 4.98 Å². The Morgan fingerprint density at radius 3 is 2.22 bits per heavy atom. The summed E-state index contributed by atoms with van der Waals surface area (Å²) in [5.74, 6) is 0. The third-order valence-corrected chi connectivity index (χ3v) is 0.406. The van der Waals surface area contributed by atoms with Crippen molar-refractivity contribution < 1.29 is 4.79 Å². The van der Waals surface area contributed by atoms with Crippen LogP contribution < -0.4 is 0 Å². The number of carbonyl (C=O) groups is 1. The van der Waals surface area contributed by atoms with E-state index in [2.05, 4.69) is 33.2 Å². The summed E-state index contributed by atoms with van der Waals surface area (Å²) in [6.07, 6.45) is 5.08. The molecular weight excluding hydrogens is 163 g/mol. The van der Waals surface area contributed by atoms with E-state index in [1.807, 2.05) is 0 Å². The van der Waals surface area contributed by atoms with Gasteiger partial charge in [0.2, 0.25) is 0 Å². The molecule has 1 aromatic heterocycles.